The first-order valence-corrected chi connectivity index (χ1v) is 6.43. The van der Waals surface area contributed by atoms with Crippen LogP contribution in [0.3, 0.4) is 0 Å². The normalized spacial score (nSPS) is 13.2. The maximum absolute atomic E-state index is 13.5. The van der Waals surface area contributed by atoms with Crippen molar-refractivity contribution in [3.05, 3.63) is 35.1 Å². The van der Waals surface area contributed by atoms with E-state index in [0.29, 0.717) is 6.07 Å². The lowest BCUT2D eigenvalue weighted by Crippen LogP contribution is -2.25. The van der Waals surface area contributed by atoms with Crippen LogP contribution < -0.4 is 0 Å². The van der Waals surface area contributed by atoms with Crippen LogP contribution in [0.5, 0.6) is 0 Å². The highest BCUT2D eigenvalue weighted by Gasteiger charge is 2.20. The highest BCUT2D eigenvalue weighted by Crippen LogP contribution is 2.20. The second kappa shape index (κ2) is 6.29. The van der Waals surface area contributed by atoms with Crippen molar-refractivity contribution in [3.63, 3.8) is 0 Å². The summed E-state index contributed by atoms with van der Waals surface area (Å²) in [6, 6.07) is 1.35. The Balaban J connectivity index is 2.65. The van der Waals surface area contributed by atoms with E-state index in [1.165, 1.54) is 0 Å². The molecule has 0 radical (unpaired) electrons. The summed E-state index contributed by atoms with van der Waals surface area (Å²) in [4.78, 5) is 11.6. The molecule has 2 nitrogen and oxygen atoms in total. The number of rotatable bonds is 4. The first-order valence-electron chi connectivity index (χ1n) is 6.43. The quantitative estimate of drug-likeness (QED) is 0.618. The van der Waals surface area contributed by atoms with Crippen LogP contribution in [0, 0.1) is 23.4 Å². The standard InChI is InChI=1S/C15H19F3O2/c1-9(6-14(19)20-15(2,3)4)5-10-7-12(17)13(18)8-11(10)16/h7-9H,5-6H2,1-4H3. The lowest BCUT2D eigenvalue weighted by Gasteiger charge is -2.21. The molecule has 0 N–H and O–H groups in total. The van der Waals surface area contributed by atoms with Gasteiger partial charge in [0, 0.05) is 12.5 Å². The van der Waals surface area contributed by atoms with Gasteiger partial charge in [0.2, 0.25) is 0 Å². The number of ether oxygens (including phenoxy) is 1. The zero-order valence-electron chi connectivity index (χ0n) is 12.1. The van der Waals surface area contributed by atoms with Gasteiger partial charge in [0.25, 0.3) is 0 Å². The van der Waals surface area contributed by atoms with Gasteiger partial charge in [-0.3, -0.25) is 4.79 Å². The second-order valence-electron chi connectivity index (χ2n) is 5.96. The van der Waals surface area contributed by atoms with Crippen LogP contribution in [0.1, 0.15) is 39.7 Å². The molecule has 0 fully saturated rings. The molecule has 0 saturated heterocycles. The molecule has 0 saturated carbocycles. The summed E-state index contributed by atoms with van der Waals surface area (Å²) in [7, 11) is 0. The fourth-order valence-electron chi connectivity index (χ4n) is 1.84. The smallest absolute Gasteiger partial charge is 0.306 e. The lowest BCUT2D eigenvalue weighted by atomic mass is 9.97. The molecule has 0 aliphatic heterocycles. The topological polar surface area (TPSA) is 26.3 Å². The summed E-state index contributed by atoms with van der Waals surface area (Å²) in [5.74, 6) is -3.74. The predicted molar refractivity (Wildman–Crippen MR) is 69.6 cm³/mol. The SMILES string of the molecule is CC(CC(=O)OC(C)(C)C)Cc1cc(F)c(F)cc1F. The molecule has 0 spiro atoms. The molecule has 1 rings (SSSR count). The number of carbonyl (C=O) groups is 1. The Hall–Kier alpha value is -1.52. The molecule has 112 valence electrons. The van der Waals surface area contributed by atoms with Crippen LogP contribution in [0.25, 0.3) is 0 Å². The third-order valence-electron chi connectivity index (χ3n) is 2.59. The van der Waals surface area contributed by atoms with Crippen LogP contribution in [-0.4, -0.2) is 11.6 Å². The van der Waals surface area contributed by atoms with E-state index in [9.17, 15) is 18.0 Å². The summed E-state index contributed by atoms with van der Waals surface area (Å²) >= 11 is 0. The fourth-order valence-corrected chi connectivity index (χ4v) is 1.84. The summed E-state index contributed by atoms with van der Waals surface area (Å²) in [5, 5.41) is 0. The van der Waals surface area contributed by atoms with Gasteiger partial charge in [-0.25, -0.2) is 13.2 Å². The van der Waals surface area contributed by atoms with E-state index in [0.717, 1.165) is 6.07 Å². The van der Waals surface area contributed by atoms with Crippen molar-refractivity contribution in [1.29, 1.82) is 0 Å². The molecule has 0 amide bonds. The van der Waals surface area contributed by atoms with Crippen molar-refractivity contribution in [2.75, 3.05) is 0 Å². The summed E-state index contributed by atoms with van der Waals surface area (Å²) in [6.45, 7) is 6.99. The minimum Gasteiger partial charge on any atom is -0.460 e. The van der Waals surface area contributed by atoms with Gasteiger partial charge in [-0.05, 0) is 44.7 Å². The van der Waals surface area contributed by atoms with Gasteiger partial charge in [-0.2, -0.15) is 0 Å². The molecule has 0 bridgehead atoms. The Morgan fingerprint density at radius 1 is 1.15 bits per heavy atom. The number of hydrogen-bond acceptors (Lipinski definition) is 2. The Kier molecular flexibility index (Phi) is 5.20. The molecular formula is C15H19F3O2. The Labute approximate surface area is 116 Å². The van der Waals surface area contributed by atoms with Crippen LogP contribution in [-0.2, 0) is 16.0 Å². The van der Waals surface area contributed by atoms with Crippen molar-refractivity contribution in [3.8, 4) is 0 Å². The van der Waals surface area contributed by atoms with E-state index in [4.69, 9.17) is 4.74 Å². The van der Waals surface area contributed by atoms with Gasteiger partial charge in [0.15, 0.2) is 11.6 Å². The van der Waals surface area contributed by atoms with E-state index in [1.54, 1.807) is 27.7 Å². The summed E-state index contributed by atoms with van der Waals surface area (Å²) in [6.07, 6.45) is 0.234. The largest absolute Gasteiger partial charge is 0.460 e. The molecule has 1 atom stereocenters. The van der Waals surface area contributed by atoms with E-state index in [-0.39, 0.29) is 24.3 Å². The number of hydrogen-bond donors (Lipinski definition) is 0. The van der Waals surface area contributed by atoms with Gasteiger partial charge in [0.1, 0.15) is 11.4 Å². The first-order chi connectivity index (χ1) is 9.08. The summed E-state index contributed by atoms with van der Waals surface area (Å²) < 4.78 is 44.5. The highest BCUT2D eigenvalue weighted by atomic mass is 19.2. The third kappa shape index (κ3) is 5.23. The number of esters is 1. The maximum atomic E-state index is 13.5. The molecule has 20 heavy (non-hydrogen) atoms. The molecule has 0 aliphatic carbocycles. The minimum atomic E-state index is -1.22. The Morgan fingerprint density at radius 3 is 2.25 bits per heavy atom. The van der Waals surface area contributed by atoms with Gasteiger partial charge in [0.05, 0.1) is 0 Å². The van der Waals surface area contributed by atoms with Crippen LogP contribution in [0.4, 0.5) is 13.2 Å². The molecule has 1 unspecified atom stereocenters. The zero-order chi connectivity index (χ0) is 15.5. The number of halogens is 3. The predicted octanol–water partition coefficient (Wildman–Crippen LogP) is 4.01. The molecule has 5 heteroatoms. The molecule has 0 aliphatic rings. The minimum absolute atomic E-state index is 0.0555. The van der Waals surface area contributed by atoms with E-state index in [1.807, 2.05) is 0 Å². The van der Waals surface area contributed by atoms with E-state index < -0.39 is 29.0 Å². The van der Waals surface area contributed by atoms with Gasteiger partial charge in [-0.15, -0.1) is 0 Å². The molecule has 0 aromatic heterocycles. The average Bonchev–Trinajstić information content (AvgIpc) is 2.22. The average molecular weight is 288 g/mol. The third-order valence-corrected chi connectivity index (χ3v) is 2.59. The van der Waals surface area contributed by atoms with Crippen LogP contribution in [0.15, 0.2) is 12.1 Å². The van der Waals surface area contributed by atoms with Crippen molar-refractivity contribution < 1.29 is 22.7 Å². The van der Waals surface area contributed by atoms with Gasteiger partial charge in [-0.1, -0.05) is 6.92 Å². The van der Waals surface area contributed by atoms with Gasteiger partial charge < -0.3 is 4.74 Å². The molecule has 1 aromatic rings. The first kappa shape index (κ1) is 16.5. The molecular weight excluding hydrogens is 269 g/mol. The fraction of sp³-hybridized carbons (Fsp3) is 0.533. The monoisotopic (exact) mass is 288 g/mol. The number of benzene rings is 1. The van der Waals surface area contributed by atoms with E-state index >= 15 is 0 Å². The number of carbonyl (C=O) groups excluding carboxylic acids is 1. The Morgan fingerprint density at radius 2 is 1.70 bits per heavy atom. The Bertz CT molecular complexity index is 493. The summed E-state index contributed by atoms with van der Waals surface area (Å²) in [5.41, 5.74) is -0.524. The van der Waals surface area contributed by atoms with Crippen LogP contribution >= 0.6 is 0 Å². The lowest BCUT2D eigenvalue weighted by molar-refractivity contribution is -0.155. The van der Waals surface area contributed by atoms with Gasteiger partial charge >= 0.3 is 5.97 Å². The molecule has 1 aromatic carbocycles. The van der Waals surface area contributed by atoms with Crippen LogP contribution in [0.2, 0.25) is 0 Å². The maximum Gasteiger partial charge on any atom is 0.306 e. The highest BCUT2D eigenvalue weighted by molar-refractivity contribution is 5.70. The van der Waals surface area contributed by atoms with E-state index in [2.05, 4.69) is 0 Å². The zero-order valence-corrected chi connectivity index (χ0v) is 12.1. The van der Waals surface area contributed by atoms with Crippen molar-refractivity contribution in [2.24, 2.45) is 5.92 Å². The van der Waals surface area contributed by atoms with Crippen molar-refractivity contribution >= 4 is 5.97 Å². The molecule has 0 heterocycles. The van der Waals surface area contributed by atoms with Crippen molar-refractivity contribution in [2.45, 2.75) is 46.1 Å². The van der Waals surface area contributed by atoms with Crippen molar-refractivity contribution in [1.82, 2.24) is 0 Å². The second-order valence-corrected chi connectivity index (χ2v) is 5.96.